The van der Waals surface area contributed by atoms with Crippen LogP contribution in [-0.2, 0) is 18.4 Å². The van der Waals surface area contributed by atoms with Crippen molar-refractivity contribution in [1.82, 2.24) is 0 Å². The first-order chi connectivity index (χ1) is 10.5. The van der Waals surface area contributed by atoms with Gasteiger partial charge in [0.1, 0.15) is 6.10 Å². The molecular formula is C17H35FO4Si2. The van der Waals surface area contributed by atoms with E-state index in [-0.39, 0.29) is 16.7 Å². The van der Waals surface area contributed by atoms with Gasteiger partial charge in [0.05, 0.1) is 6.61 Å². The Morgan fingerprint density at radius 2 is 1.46 bits per heavy atom. The van der Waals surface area contributed by atoms with Crippen LogP contribution in [0.5, 0.6) is 0 Å². The van der Waals surface area contributed by atoms with Gasteiger partial charge < -0.3 is 13.6 Å². The fraction of sp³-hybridized carbons (Fsp3) is 0.941. The Morgan fingerprint density at radius 3 is 1.88 bits per heavy atom. The maximum Gasteiger partial charge on any atom is 0.344 e. The molecular weight excluding hydrogens is 343 g/mol. The molecule has 0 aromatic heterocycles. The van der Waals surface area contributed by atoms with Crippen molar-refractivity contribution in [2.45, 2.75) is 96.2 Å². The second-order valence-electron chi connectivity index (χ2n) is 9.79. The van der Waals surface area contributed by atoms with Gasteiger partial charge in [-0.1, -0.05) is 41.5 Å². The highest BCUT2D eigenvalue weighted by molar-refractivity contribution is 6.74. The second kappa shape index (κ2) is 6.81. The number of hydrogen-bond acceptors (Lipinski definition) is 4. The van der Waals surface area contributed by atoms with Crippen molar-refractivity contribution in [3.8, 4) is 0 Å². The zero-order chi connectivity index (χ0) is 19.1. The highest BCUT2D eigenvalue weighted by Gasteiger charge is 2.51. The summed E-state index contributed by atoms with van der Waals surface area (Å²) in [6.45, 7) is 21.2. The van der Waals surface area contributed by atoms with Crippen LogP contribution >= 0.6 is 0 Å². The third-order valence-corrected chi connectivity index (χ3v) is 14.8. The van der Waals surface area contributed by atoms with Crippen LogP contribution in [-0.4, -0.2) is 47.6 Å². The topological polar surface area (TPSA) is 44.8 Å². The molecule has 0 N–H and O–H groups in total. The van der Waals surface area contributed by atoms with E-state index in [1.165, 1.54) is 0 Å². The summed E-state index contributed by atoms with van der Waals surface area (Å²) in [5.74, 6) is -0.831. The third-order valence-electron chi connectivity index (χ3n) is 5.80. The number of rotatable bonds is 5. The first-order valence-electron chi connectivity index (χ1n) is 8.66. The molecule has 142 valence electrons. The summed E-state index contributed by atoms with van der Waals surface area (Å²) in [5.41, 5.74) is 0. The highest BCUT2D eigenvalue weighted by atomic mass is 28.4. The Labute approximate surface area is 148 Å². The van der Waals surface area contributed by atoms with Gasteiger partial charge in [-0.25, -0.2) is 9.18 Å². The summed E-state index contributed by atoms with van der Waals surface area (Å²) in [6.07, 6.45) is -3.27. The predicted molar refractivity (Wildman–Crippen MR) is 100.0 cm³/mol. The van der Waals surface area contributed by atoms with Crippen LogP contribution in [0.4, 0.5) is 4.39 Å². The summed E-state index contributed by atoms with van der Waals surface area (Å²) < 4.78 is 31.9. The maximum absolute atomic E-state index is 14.4. The Hall–Kier alpha value is -0.246. The standard InChI is InChI=1S/C17H35FO4Si2/c1-16(2,3)23(7,8)20-11-12-14(13(18)15(19)21-12)22-24(9,10)17(4,5)6/h12-14H,11H2,1-10H3/t12-,13?,14?/m1/s1. The van der Waals surface area contributed by atoms with Gasteiger partial charge in [-0.2, -0.15) is 0 Å². The number of halogens is 1. The van der Waals surface area contributed by atoms with Gasteiger partial charge in [0.15, 0.2) is 22.7 Å². The quantitative estimate of drug-likeness (QED) is 0.515. The Bertz CT molecular complexity index is 466. The van der Waals surface area contributed by atoms with Crippen LogP contribution in [0, 0.1) is 0 Å². The minimum absolute atomic E-state index is 0.0422. The number of hydrogen-bond donors (Lipinski definition) is 0. The monoisotopic (exact) mass is 378 g/mol. The molecule has 0 bridgehead atoms. The fourth-order valence-corrected chi connectivity index (χ4v) is 4.21. The predicted octanol–water partition coefficient (Wildman–Crippen LogP) is 4.66. The largest absolute Gasteiger partial charge is 0.455 e. The summed E-state index contributed by atoms with van der Waals surface area (Å²) in [7, 11) is -4.21. The molecule has 0 amide bonds. The molecule has 0 aromatic carbocycles. The lowest BCUT2D eigenvalue weighted by molar-refractivity contribution is -0.145. The summed E-state index contributed by atoms with van der Waals surface area (Å²) in [6, 6.07) is 0. The number of ether oxygens (including phenoxy) is 1. The molecule has 7 heteroatoms. The molecule has 1 heterocycles. The zero-order valence-corrected chi connectivity index (χ0v) is 19.0. The first kappa shape index (κ1) is 21.8. The molecule has 3 atom stereocenters. The highest BCUT2D eigenvalue weighted by Crippen LogP contribution is 2.40. The van der Waals surface area contributed by atoms with Crippen LogP contribution < -0.4 is 0 Å². The Kier molecular flexibility index (Phi) is 6.19. The van der Waals surface area contributed by atoms with Crippen molar-refractivity contribution in [2.75, 3.05) is 6.61 Å². The van der Waals surface area contributed by atoms with Crippen LogP contribution in [0.25, 0.3) is 0 Å². The smallest absolute Gasteiger partial charge is 0.344 e. The normalized spacial score (nSPS) is 26.6. The second-order valence-corrected chi connectivity index (χ2v) is 19.4. The molecule has 24 heavy (non-hydrogen) atoms. The van der Waals surface area contributed by atoms with E-state index in [2.05, 4.69) is 54.6 Å². The van der Waals surface area contributed by atoms with Crippen molar-refractivity contribution in [3.63, 3.8) is 0 Å². The lowest BCUT2D eigenvalue weighted by Crippen LogP contribution is -2.50. The van der Waals surface area contributed by atoms with Gasteiger partial charge in [0.25, 0.3) is 0 Å². The molecule has 1 aliphatic rings. The Morgan fingerprint density at radius 1 is 1.00 bits per heavy atom. The molecule has 1 saturated heterocycles. The van der Waals surface area contributed by atoms with E-state index in [0.29, 0.717) is 0 Å². The van der Waals surface area contributed by atoms with Crippen LogP contribution in [0.1, 0.15) is 41.5 Å². The number of carbonyl (C=O) groups excluding carboxylic acids is 1. The summed E-state index contributed by atoms with van der Waals surface area (Å²) >= 11 is 0. The van der Waals surface area contributed by atoms with E-state index < -0.39 is 41.0 Å². The minimum Gasteiger partial charge on any atom is -0.455 e. The summed E-state index contributed by atoms with van der Waals surface area (Å²) in [4.78, 5) is 11.7. The van der Waals surface area contributed by atoms with Crippen LogP contribution in [0.2, 0.25) is 36.3 Å². The van der Waals surface area contributed by atoms with E-state index in [1.807, 2.05) is 13.1 Å². The zero-order valence-electron chi connectivity index (χ0n) is 17.0. The average molecular weight is 379 g/mol. The van der Waals surface area contributed by atoms with Crippen LogP contribution in [0.15, 0.2) is 0 Å². The van der Waals surface area contributed by atoms with E-state index in [9.17, 15) is 9.18 Å². The lowest BCUT2D eigenvalue weighted by atomic mass is 10.2. The van der Waals surface area contributed by atoms with Crippen molar-refractivity contribution >= 4 is 22.6 Å². The summed E-state index contributed by atoms with van der Waals surface area (Å²) in [5, 5.41) is -0.0241. The van der Waals surface area contributed by atoms with Crippen LogP contribution in [0.3, 0.4) is 0 Å². The van der Waals surface area contributed by atoms with Gasteiger partial charge in [-0.05, 0) is 36.3 Å². The molecule has 1 aliphatic heterocycles. The van der Waals surface area contributed by atoms with Gasteiger partial charge >= 0.3 is 5.97 Å². The molecule has 0 aliphatic carbocycles. The van der Waals surface area contributed by atoms with E-state index in [0.717, 1.165) is 0 Å². The molecule has 0 saturated carbocycles. The molecule has 1 fully saturated rings. The third kappa shape index (κ3) is 4.68. The Balaban J connectivity index is 2.88. The van der Waals surface area contributed by atoms with Crippen molar-refractivity contribution in [2.24, 2.45) is 0 Å². The van der Waals surface area contributed by atoms with Gasteiger partial charge in [0, 0.05) is 0 Å². The number of carbonyl (C=O) groups is 1. The van der Waals surface area contributed by atoms with Gasteiger partial charge in [-0.3, -0.25) is 0 Å². The maximum atomic E-state index is 14.4. The van der Waals surface area contributed by atoms with Crippen molar-refractivity contribution in [3.05, 3.63) is 0 Å². The number of esters is 1. The molecule has 4 nitrogen and oxygen atoms in total. The first-order valence-corrected chi connectivity index (χ1v) is 14.5. The average Bonchev–Trinajstić information content (AvgIpc) is 2.61. The van der Waals surface area contributed by atoms with E-state index >= 15 is 0 Å². The molecule has 0 radical (unpaired) electrons. The van der Waals surface area contributed by atoms with Crippen molar-refractivity contribution < 1.29 is 22.8 Å². The van der Waals surface area contributed by atoms with Gasteiger partial charge in [0.2, 0.25) is 6.17 Å². The SMILES string of the molecule is CC(C)(C)[Si](C)(C)OC[C@H]1OC(=O)C(F)C1O[Si](C)(C)C(C)(C)C. The molecule has 1 rings (SSSR count). The molecule has 0 aromatic rings. The number of alkyl halides is 1. The van der Waals surface area contributed by atoms with Gasteiger partial charge in [-0.15, -0.1) is 0 Å². The van der Waals surface area contributed by atoms with E-state index in [1.54, 1.807) is 0 Å². The molecule has 2 unspecified atom stereocenters. The van der Waals surface area contributed by atoms with Crippen molar-refractivity contribution in [1.29, 1.82) is 0 Å². The molecule has 0 spiro atoms. The number of cyclic esters (lactones) is 1. The van der Waals surface area contributed by atoms with E-state index in [4.69, 9.17) is 13.6 Å². The lowest BCUT2D eigenvalue weighted by Gasteiger charge is -2.40. The fourth-order valence-electron chi connectivity index (χ4n) is 1.89. The minimum atomic E-state index is -2.21.